The van der Waals surface area contributed by atoms with Gasteiger partial charge in [-0.3, -0.25) is 19.3 Å². The van der Waals surface area contributed by atoms with E-state index in [0.717, 1.165) is 24.3 Å². The molecule has 0 atom stereocenters. The summed E-state index contributed by atoms with van der Waals surface area (Å²) in [6.45, 7) is 2.68. The Balaban J connectivity index is 1.27. The summed E-state index contributed by atoms with van der Waals surface area (Å²) in [6, 6.07) is 22.6. The molecule has 0 unspecified atom stereocenters. The van der Waals surface area contributed by atoms with E-state index in [0.29, 0.717) is 24.3 Å². The van der Waals surface area contributed by atoms with Crippen molar-refractivity contribution in [2.24, 2.45) is 0 Å². The summed E-state index contributed by atoms with van der Waals surface area (Å²) >= 11 is 0. The van der Waals surface area contributed by atoms with E-state index in [1.807, 2.05) is 48.5 Å². The van der Waals surface area contributed by atoms with Crippen molar-refractivity contribution in [2.75, 3.05) is 36.4 Å². The highest BCUT2D eigenvalue weighted by atomic mass is 16.5. The van der Waals surface area contributed by atoms with Crippen LogP contribution in [0.1, 0.15) is 15.9 Å². The molecule has 3 heterocycles. The van der Waals surface area contributed by atoms with Crippen LogP contribution in [0, 0.1) is 0 Å². The van der Waals surface area contributed by atoms with Gasteiger partial charge in [0, 0.05) is 38.1 Å². The normalized spacial score (nSPS) is 13.4. The van der Waals surface area contributed by atoms with E-state index in [1.165, 1.54) is 16.8 Å². The standard InChI is InChI=1S/C27H25N5O4/c33-25(31-15-13-30(14-16-31)22-9-5-2-6-10-22)21-11-12-24-28-17-23(26(34)32(24)18-21)29-27(35)36-19-20-7-3-1-4-8-20/h1-12,17-18H,13-16,19H2,(H,29,35). The maximum absolute atomic E-state index is 13.2. The first kappa shape index (κ1) is 23.1. The van der Waals surface area contributed by atoms with Gasteiger partial charge in [0.15, 0.2) is 0 Å². The molecule has 182 valence electrons. The van der Waals surface area contributed by atoms with Crippen molar-refractivity contribution in [3.63, 3.8) is 0 Å². The molecule has 0 bridgehead atoms. The number of benzene rings is 2. The van der Waals surface area contributed by atoms with Gasteiger partial charge in [0.05, 0.1) is 11.8 Å². The molecule has 36 heavy (non-hydrogen) atoms. The van der Waals surface area contributed by atoms with E-state index in [9.17, 15) is 14.4 Å². The number of carbonyl (C=O) groups excluding carboxylic acids is 2. The molecule has 2 aromatic carbocycles. The number of nitrogens with one attached hydrogen (secondary N) is 1. The Morgan fingerprint density at radius 2 is 1.58 bits per heavy atom. The minimum atomic E-state index is -0.763. The molecule has 0 saturated carbocycles. The summed E-state index contributed by atoms with van der Waals surface area (Å²) < 4.78 is 6.45. The van der Waals surface area contributed by atoms with Gasteiger partial charge >= 0.3 is 6.09 Å². The Bertz CT molecular complexity index is 1430. The Labute approximate surface area is 207 Å². The fraction of sp³-hybridized carbons (Fsp3) is 0.185. The van der Waals surface area contributed by atoms with E-state index in [2.05, 4.69) is 27.3 Å². The highest BCUT2D eigenvalue weighted by Crippen LogP contribution is 2.17. The molecule has 1 aliphatic heterocycles. The van der Waals surface area contributed by atoms with Crippen molar-refractivity contribution in [3.05, 3.63) is 107 Å². The third kappa shape index (κ3) is 5.05. The first-order chi connectivity index (χ1) is 17.6. The third-order valence-electron chi connectivity index (χ3n) is 6.09. The number of pyridine rings is 1. The zero-order chi connectivity index (χ0) is 24.9. The zero-order valence-corrected chi connectivity index (χ0v) is 19.5. The summed E-state index contributed by atoms with van der Waals surface area (Å²) in [4.78, 5) is 46.6. The van der Waals surface area contributed by atoms with Crippen molar-refractivity contribution < 1.29 is 14.3 Å². The second kappa shape index (κ2) is 10.3. The molecule has 2 aromatic heterocycles. The number of hydrogen-bond acceptors (Lipinski definition) is 6. The van der Waals surface area contributed by atoms with Crippen LogP contribution >= 0.6 is 0 Å². The number of para-hydroxylation sites is 1. The number of fused-ring (bicyclic) bond motifs is 1. The maximum Gasteiger partial charge on any atom is 0.412 e. The Kier molecular flexibility index (Phi) is 6.61. The second-order valence-electron chi connectivity index (χ2n) is 8.42. The molecule has 0 spiro atoms. The highest BCUT2D eigenvalue weighted by molar-refractivity contribution is 5.94. The number of rotatable bonds is 5. The molecule has 9 heteroatoms. The molecular weight excluding hydrogens is 458 g/mol. The van der Waals surface area contributed by atoms with Gasteiger partial charge in [-0.15, -0.1) is 0 Å². The van der Waals surface area contributed by atoms with Crippen LogP contribution in [-0.2, 0) is 11.3 Å². The lowest BCUT2D eigenvalue weighted by Crippen LogP contribution is -2.48. The van der Waals surface area contributed by atoms with E-state index in [4.69, 9.17) is 4.74 Å². The number of amides is 2. The lowest BCUT2D eigenvalue weighted by molar-refractivity contribution is 0.0746. The number of aromatic nitrogens is 2. The van der Waals surface area contributed by atoms with Gasteiger partial charge in [0.2, 0.25) is 0 Å². The summed E-state index contributed by atoms with van der Waals surface area (Å²) in [7, 11) is 0. The Morgan fingerprint density at radius 1 is 0.889 bits per heavy atom. The van der Waals surface area contributed by atoms with Gasteiger partial charge in [0.25, 0.3) is 11.5 Å². The molecule has 0 aliphatic carbocycles. The maximum atomic E-state index is 13.2. The third-order valence-corrected chi connectivity index (χ3v) is 6.09. The van der Waals surface area contributed by atoms with E-state index in [1.54, 1.807) is 17.0 Å². The minimum absolute atomic E-state index is 0.0355. The van der Waals surface area contributed by atoms with Gasteiger partial charge in [-0.25, -0.2) is 9.78 Å². The Hall–Kier alpha value is -4.66. The predicted molar refractivity (Wildman–Crippen MR) is 136 cm³/mol. The van der Waals surface area contributed by atoms with Crippen molar-refractivity contribution >= 4 is 29.0 Å². The number of hydrogen-bond donors (Lipinski definition) is 1. The lowest BCUT2D eigenvalue weighted by Gasteiger charge is -2.36. The van der Waals surface area contributed by atoms with Crippen LogP contribution in [0.3, 0.4) is 0 Å². The molecule has 0 radical (unpaired) electrons. The van der Waals surface area contributed by atoms with Crippen LogP contribution in [-0.4, -0.2) is 52.5 Å². The first-order valence-corrected chi connectivity index (χ1v) is 11.7. The molecule has 4 aromatic rings. The van der Waals surface area contributed by atoms with Crippen LogP contribution in [0.2, 0.25) is 0 Å². The fourth-order valence-electron chi connectivity index (χ4n) is 4.15. The van der Waals surface area contributed by atoms with Crippen LogP contribution in [0.25, 0.3) is 5.65 Å². The minimum Gasteiger partial charge on any atom is -0.444 e. The average Bonchev–Trinajstić information content (AvgIpc) is 2.94. The summed E-state index contributed by atoms with van der Waals surface area (Å²) in [5.41, 5.74) is 2.17. The summed E-state index contributed by atoms with van der Waals surface area (Å²) in [5, 5.41) is 2.45. The number of anilines is 2. The van der Waals surface area contributed by atoms with Crippen molar-refractivity contribution in [1.82, 2.24) is 14.3 Å². The van der Waals surface area contributed by atoms with E-state index < -0.39 is 11.7 Å². The van der Waals surface area contributed by atoms with Gasteiger partial charge in [0.1, 0.15) is 17.9 Å². The topological polar surface area (TPSA) is 96.3 Å². The summed E-state index contributed by atoms with van der Waals surface area (Å²) in [6.07, 6.45) is 1.99. The van der Waals surface area contributed by atoms with Crippen molar-refractivity contribution in [2.45, 2.75) is 6.61 Å². The second-order valence-corrected chi connectivity index (χ2v) is 8.42. The van der Waals surface area contributed by atoms with Gasteiger partial charge in [-0.2, -0.15) is 0 Å². The largest absolute Gasteiger partial charge is 0.444 e. The fourth-order valence-corrected chi connectivity index (χ4v) is 4.15. The van der Waals surface area contributed by atoms with Crippen LogP contribution < -0.4 is 15.8 Å². The SMILES string of the molecule is O=C(Nc1cnc2ccc(C(=O)N3CCN(c4ccccc4)CC3)cn2c1=O)OCc1ccccc1. The first-order valence-electron chi connectivity index (χ1n) is 11.7. The number of nitrogens with zero attached hydrogens (tertiary/aromatic N) is 4. The Morgan fingerprint density at radius 3 is 2.31 bits per heavy atom. The predicted octanol–water partition coefficient (Wildman–Crippen LogP) is 3.41. The number of ether oxygens (including phenoxy) is 1. The van der Waals surface area contributed by atoms with Gasteiger partial charge < -0.3 is 14.5 Å². The zero-order valence-electron chi connectivity index (χ0n) is 19.5. The quantitative estimate of drug-likeness (QED) is 0.467. The van der Waals surface area contributed by atoms with E-state index >= 15 is 0 Å². The molecule has 1 N–H and O–H groups in total. The van der Waals surface area contributed by atoms with Crippen LogP contribution in [0.5, 0.6) is 0 Å². The molecule has 1 saturated heterocycles. The van der Waals surface area contributed by atoms with Gasteiger partial charge in [-0.05, 0) is 29.8 Å². The highest BCUT2D eigenvalue weighted by Gasteiger charge is 2.23. The van der Waals surface area contributed by atoms with Crippen LogP contribution in [0.15, 0.2) is 90.0 Å². The molecule has 9 nitrogen and oxygen atoms in total. The van der Waals surface area contributed by atoms with Crippen molar-refractivity contribution in [1.29, 1.82) is 0 Å². The molecule has 2 amide bonds. The average molecular weight is 484 g/mol. The van der Waals surface area contributed by atoms with Crippen LogP contribution in [0.4, 0.5) is 16.2 Å². The van der Waals surface area contributed by atoms with Crippen molar-refractivity contribution in [3.8, 4) is 0 Å². The monoisotopic (exact) mass is 483 g/mol. The van der Waals surface area contributed by atoms with E-state index in [-0.39, 0.29) is 18.2 Å². The molecular formula is C27H25N5O4. The lowest BCUT2D eigenvalue weighted by atomic mass is 10.2. The number of piperazine rings is 1. The number of carbonyl (C=O) groups is 2. The molecule has 1 aliphatic rings. The molecule has 5 rings (SSSR count). The summed E-state index contributed by atoms with van der Waals surface area (Å²) in [5.74, 6) is -0.155. The van der Waals surface area contributed by atoms with Gasteiger partial charge in [-0.1, -0.05) is 48.5 Å². The molecule has 1 fully saturated rings. The smallest absolute Gasteiger partial charge is 0.412 e.